The number of Topliss-reactive ketones (excluding diaryl/α,β-unsaturated/α-hetero) is 1. The fraction of sp³-hybridized carbons (Fsp3) is 0.0667. The number of carbonyl (C=O) groups excluding carboxylic acids is 2. The molecule has 0 heterocycles. The van der Waals surface area contributed by atoms with E-state index in [-0.39, 0.29) is 27.1 Å². The van der Waals surface area contributed by atoms with Gasteiger partial charge in [-0.05, 0) is 24.3 Å². The summed E-state index contributed by atoms with van der Waals surface area (Å²) in [5, 5.41) is 0.405. The molecule has 0 aliphatic carbocycles. The van der Waals surface area contributed by atoms with Crippen molar-refractivity contribution in [2.24, 2.45) is 0 Å². The van der Waals surface area contributed by atoms with Crippen LogP contribution in [0.15, 0.2) is 40.9 Å². The largest absolute Gasteiger partial charge is 0.454 e. The number of esters is 1. The fourth-order valence-corrected chi connectivity index (χ4v) is 2.60. The maximum Gasteiger partial charge on any atom is 0.340 e. The monoisotopic (exact) mass is 401 g/mol. The summed E-state index contributed by atoms with van der Waals surface area (Å²) in [4.78, 5) is 24.0. The molecule has 22 heavy (non-hydrogen) atoms. The van der Waals surface area contributed by atoms with Crippen LogP contribution >= 0.6 is 39.1 Å². The molecule has 2 aromatic rings. The molecule has 0 atom stereocenters. The summed E-state index contributed by atoms with van der Waals surface area (Å²) in [5.41, 5.74) is 6.23. The molecule has 0 aliphatic rings. The van der Waals surface area contributed by atoms with Gasteiger partial charge in [0.05, 0.1) is 16.3 Å². The van der Waals surface area contributed by atoms with Crippen LogP contribution in [0.4, 0.5) is 5.69 Å². The van der Waals surface area contributed by atoms with Gasteiger partial charge in [-0.2, -0.15) is 0 Å². The molecule has 0 aromatic heterocycles. The minimum Gasteiger partial charge on any atom is -0.454 e. The Kier molecular flexibility index (Phi) is 5.45. The van der Waals surface area contributed by atoms with E-state index in [1.54, 1.807) is 24.3 Å². The summed E-state index contributed by atoms with van der Waals surface area (Å²) in [7, 11) is 0. The van der Waals surface area contributed by atoms with Gasteiger partial charge in [-0.25, -0.2) is 4.79 Å². The lowest BCUT2D eigenvalue weighted by Gasteiger charge is -2.08. The molecule has 114 valence electrons. The van der Waals surface area contributed by atoms with Gasteiger partial charge >= 0.3 is 5.97 Å². The smallest absolute Gasteiger partial charge is 0.340 e. The van der Waals surface area contributed by atoms with E-state index in [0.29, 0.717) is 5.56 Å². The second-order valence-electron chi connectivity index (χ2n) is 4.36. The van der Waals surface area contributed by atoms with Crippen molar-refractivity contribution in [2.75, 3.05) is 12.3 Å². The average Bonchev–Trinajstić information content (AvgIpc) is 2.48. The van der Waals surface area contributed by atoms with Gasteiger partial charge < -0.3 is 10.5 Å². The van der Waals surface area contributed by atoms with Crippen molar-refractivity contribution in [1.82, 2.24) is 0 Å². The second kappa shape index (κ2) is 7.13. The topological polar surface area (TPSA) is 69.4 Å². The molecule has 0 spiro atoms. The summed E-state index contributed by atoms with van der Waals surface area (Å²) in [6.45, 7) is -0.404. The van der Waals surface area contributed by atoms with Crippen LogP contribution in [0.2, 0.25) is 10.0 Å². The first kappa shape index (κ1) is 16.8. The lowest BCUT2D eigenvalue weighted by atomic mass is 10.1. The number of rotatable bonds is 4. The molecule has 0 radical (unpaired) electrons. The predicted octanol–water partition coefficient (Wildman–Crippen LogP) is 4.38. The van der Waals surface area contributed by atoms with E-state index in [2.05, 4.69) is 15.9 Å². The van der Waals surface area contributed by atoms with Gasteiger partial charge in [-0.15, -0.1) is 0 Å². The third kappa shape index (κ3) is 4.00. The molecular weight excluding hydrogens is 393 g/mol. The minimum atomic E-state index is -0.759. The maximum atomic E-state index is 12.0. The van der Waals surface area contributed by atoms with Gasteiger partial charge in [-0.1, -0.05) is 51.3 Å². The summed E-state index contributed by atoms with van der Waals surface area (Å²) >= 11 is 14.9. The quantitative estimate of drug-likeness (QED) is 0.468. The number of anilines is 1. The first-order chi connectivity index (χ1) is 10.4. The van der Waals surface area contributed by atoms with Gasteiger partial charge in [0.2, 0.25) is 0 Å². The van der Waals surface area contributed by atoms with Crippen LogP contribution < -0.4 is 5.73 Å². The van der Waals surface area contributed by atoms with Crippen LogP contribution in [-0.2, 0) is 4.74 Å². The number of carbonyl (C=O) groups is 2. The van der Waals surface area contributed by atoms with Crippen molar-refractivity contribution < 1.29 is 14.3 Å². The Morgan fingerprint density at radius 3 is 2.59 bits per heavy atom. The van der Waals surface area contributed by atoms with Gasteiger partial charge in [0.15, 0.2) is 12.4 Å². The van der Waals surface area contributed by atoms with Crippen LogP contribution in [0.1, 0.15) is 20.7 Å². The Hall–Kier alpha value is -1.56. The van der Waals surface area contributed by atoms with Gasteiger partial charge in [0.1, 0.15) is 0 Å². The van der Waals surface area contributed by atoms with Crippen LogP contribution in [0, 0.1) is 0 Å². The highest BCUT2D eigenvalue weighted by Crippen LogP contribution is 2.28. The molecule has 0 bridgehead atoms. The summed E-state index contributed by atoms with van der Waals surface area (Å²) in [6, 6.07) is 9.54. The van der Waals surface area contributed by atoms with Gasteiger partial charge in [0.25, 0.3) is 0 Å². The van der Waals surface area contributed by atoms with E-state index in [1.807, 2.05) is 0 Å². The fourth-order valence-electron chi connectivity index (χ4n) is 1.71. The average molecular weight is 403 g/mol. The van der Waals surface area contributed by atoms with Crippen molar-refractivity contribution in [3.63, 3.8) is 0 Å². The number of benzene rings is 2. The molecule has 0 saturated heterocycles. The first-order valence-corrected chi connectivity index (χ1v) is 7.64. The van der Waals surface area contributed by atoms with E-state index in [4.69, 9.17) is 33.7 Å². The molecule has 2 aromatic carbocycles. The normalized spacial score (nSPS) is 10.3. The van der Waals surface area contributed by atoms with Crippen molar-refractivity contribution >= 4 is 56.6 Å². The third-order valence-corrected chi connectivity index (χ3v) is 3.82. The molecule has 7 heteroatoms. The molecule has 0 amide bonds. The molecule has 0 fully saturated rings. The van der Waals surface area contributed by atoms with E-state index in [0.717, 1.165) is 4.47 Å². The molecule has 0 aliphatic heterocycles. The number of nitrogens with two attached hydrogens (primary N) is 1. The maximum absolute atomic E-state index is 12.0. The van der Waals surface area contributed by atoms with Gasteiger partial charge in [-0.3, -0.25) is 4.79 Å². The lowest BCUT2D eigenvalue weighted by Crippen LogP contribution is -2.15. The Labute approximate surface area is 145 Å². The minimum absolute atomic E-state index is 0.0274. The molecule has 4 nitrogen and oxygen atoms in total. The van der Waals surface area contributed by atoms with Crippen molar-refractivity contribution in [2.45, 2.75) is 0 Å². The highest BCUT2D eigenvalue weighted by molar-refractivity contribution is 9.10. The summed E-state index contributed by atoms with van der Waals surface area (Å²) in [6.07, 6.45) is 0. The highest BCUT2D eigenvalue weighted by Gasteiger charge is 2.17. The molecule has 2 rings (SSSR count). The van der Waals surface area contributed by atoms with Crippen LogP contribution in [0.3, 0.4) is 0 Å². The Morgan fingerprint density at radius 1 is 1.18 bits per heavy atom. The summed E-state index contributed by atoms with van der Waals surface area (Å²) in [5.74, 6) is -1.09. The number of halogens is 3. The molecule has 2 N–H and O–H groups in total. The van der Waals surface area contributed by atoms with Crippen LogP contribution in [-0.4, -0.2) is 18.4 Å². The summed E-state index contributed by atoms with van der Waals surface area (Å²) < 4.78 is 5.73. The highest BCUT2D eigenvalue weighted by atomic mass is 79.9. The zero-order chi connectivity index (χ0) is 16.3. The lowest BCUT2D eigenvalue weighted by molar-refractivity contribution is 0.0476. The predicted molar refractivity (Wildman–Crippen MR) is 89.6 cm³/mol. The van der Waals surface area contributed by atoms with E-state index in [1.165, 1.54) is 12.1 Å². The van der Waals surface area contributed by atoms with E-state index in [9.17, 15) is 9.59 Å². The van der Waals surface area contributed by atoms with E-state index >= 15 is 0 Å². The Morgan fingerprint density at radius 2 is 1.91 bits per heavy atom. The second-order valence-corrected chi connectivity index (χ2v) is 6.12. The van der Waals surface area contributed by atoms with Crippen LogP contribution in [0.5, 0.6) is 0 Å². The van der Waals surface area contributed by atoms with E-state index < -0.39 is 12.6 Å². The van der Waals surface area contributed by atoms with Crippen molar-refractivity contribution in [3.8, 4) is 0 Å². The number of ether oxygens (including phenoxy) is 1. The number of ketones is 1. The first-order valence-electron chi connectivity index (χ1n) is 6.09. The Balaban J connectivity index is 2.09. The van der Waals surface area contributed by atoms with Crippen molar-refractivity contribution in [1.29, 1.82) is 0 Å². The number of hydrogen-bond acceptors (Lipinski definition) is 4. The molecule has 0 saturated carbocycles. The standard InChI is InChI=1S/C15H10BrCl2NO3/c16-9-3-1-2-8(4-9)13(20)7-22-15(21)11-5-10(17)6-12(18)14(11)19/h1-6H,7,19H2. The van der Waals surface area contributed by atoms with Gasteiger partial charge in [0, 0.05) is 15.1 Å². The van der Waals surface area contributed by atoms with Crippen LogP contribution in [0.25, 0.3) is 0 Å². The number of nitrogen functional groups attached to an aromatic ring is 1. The molecule has 0 unspecified atom stereocenters. The third-order valence-electron chi connectivity index (χ3n) is 2.80. The zero-order valence-corrected chi connectivity index (χ0v) is 14.2. The SMILES string of the molecule is Nc1c(Cl)cc(Cl)cc1C(=O)OCC(=O)c1cccc(Br)c1. The Bertz CT molecular complexity index is 750. The molecular formula is C15H10BrCl2NO3. The zero-order valence-electron chi connectivity index (χ0n) is 11.1. The number of hydrogen-bond donors (Lipinski definition) is 1. The van der Waals surface area contributed by atoms with Crippen molar-refractivity contribution in [3.05, 3.63) is 62.0 Å².